The van der Waals surface area contributed by atoms with Crippen molar-refractivity contribution in [1.82, 2.24) is 4.98 Å². The van der Waals surface area contributed by atoms with Crippen molar-refractivity contribution in [3.8, 4) is 0 Å². The Labute approximate surface area is 119 Å². The van der Waals surface area contributed by atoms with Crippen molar-refractivity contribution in [2.24, 2.45) is 0 Å². The second kappa shape index (κ2) is 5.33. The van der Waals surface area contributed by atoms with Gasteiger partial charge in [-0.15, -0.1) is 0 Å². The highest BCUT2D eigenvalue weighted by molar-refractivity contribution is 5.82. The zero-order valence-corrected chi connectivity index (χ0v) is 11.9. The third kappa shape index (κ3) is 2.64. The Morgan fingerprint density at radius 2 is 1.80 bits per heavy atom. The zero-order chi connectivity index (χ0) is 13.9. The topological polar surface area (TPSA) is 24.9 Å². The fourth-order valence-corrected chi connectivity index (χ4v) is 2.30. The number of fused-ring (bicyclic) bond motifs is 1. The molecule has 0 aliphatic rings. The van der Waals surface area contributed by atoms with Gasteiger partial charge >= 0.3 is 0 Å². The highest BCUT2D eigenvalue weighted by atomic mass is 14.9. The molecular formula is C18H18N2. The average Bonchev–Trinajstić information content (AvgIpc) is 2.48. The van der Waals surface area contributed by atoms with Gasteiger partial charge in [-0.3, -0.25) is 4.98 Å². The summed E-state index contributed by atoms with van der Waals surface area (Å²) in [6.07, 6.45) is 3.73. The van der Waals surface area contributed by atoms with Crippen molar-refractivity contribution in [3.05, 3.63) is 71.5 Å². The molecular weight excluding hydrogens is 244 g/mol. The van der Waals surface area contributed by atoms with Gasteiger partial charge in [-0.25, -0.2) is 0 Å². The number of pyridine rings is 1. The summed E-state index contributed by atoms with van der Waals surface area (Å²) in [6, 6.07) is 15.0. The molecule has 0 spiro atoms. The predicted octanol–water partition coefficient (Wildman–Crippen LogP) is 4.46. The normalized spacial score (nSPS) is 10.7. The quantitative estimate of drug-likeness (QED) is 0.753. The zero-order valence-electron chi connectivity index (χ0n) is 11.9. The number of hydrogen-bond acceptors (Lipinski definition) is 2. The van der Waals surface area contributed by atoms with E-state index in [0.29, 0.717) is 0 Å². The lowest BCUT2D eigenvalue weighted by atomic mass is 10.1. The average molecular weight is 262 g/mol. The number of aryl methyl sites for hydroxylation is 2. The first-order valence-corrected chi connectivity index (χ1v) is 6.86. The summed E-state index contributed by atoms with van der Waals surface area (Å²) in [5.74, 6) is 0. The van der Waals surface area contributed by atoms with Crippen molar-refractivity contribution in [2.75, 3.05) is 5.32 Å². The number of nitrogens with zero attached hydrogens (tertiary/aromatic N) is 1. The van der Waals surface area contributed by atoms with Crippen LogP contribution in [0.4, 0.5) is 5.69 Å². The van der Waals surface area contributed by atoms with E-state index in [1.165, 1.54) is 33.2 Å². The molecule has 100 valence electrons. The van der Waals surface area contributed by atoms with Crippen LogP contribution in [-0.4, -0.2) is 4.98 Å². The maximum atomic E-state index is 4.14. The third-order valence-corrected chi connectivity index (χ3v) is 3.71. The number of rotatable bonds is 3. The molecule has 1 heterocycles. The molecule has 0 aliphatic heterocycles. The summed E-state index contributed by atoms with van der Waals surface area (Å²) < 4.78 is 0. The first-order chi connectivity index (χ1) is 9.72. The molecule has 3 aromatic rings. The number of hydrogen-bond donors (Lipinski definition) is 1. The summed E-state index contributed by atoms with van der Waals surface area (Å²) >= 11 is 0. The number of benzene rings is 2. The van der Waals surface area contributed by atoms with Crippen molar-refractivity contribution in [3.63, 3.8) is 0 Å². The molecule has 0 unspecified atom stereocenters. The van der Waals surface area contributed by atoms with Gasteiger partial charge < -0.3 is 5.32 Å². The Kier molecular flexibility index (Phi) is 3.38. The van der Waals surface area contributed by atoms with Crippen molar-refractivity contribution in [1.29, 1.82) is 0 Å². The van der Waals surface area contributed by atoms with Crippen molar-refractivity contribution >= 4 is 16.5 Å². The van der Waals surface area contributed by atoms with E-state index in [-0.39, 0.29) is 0 Å². The van der Waals surface area contributed by atoms with Gasteiger partial charge in [-0.05, 0) is 60.2 Å². The second-order valence-corrected chi connectivity index (χ2v) is 5.21. The summed E-state index contributed by atoms with van der Waals surface area (Å²) in [4.78, 5) is 4.14. The van der Waals surface area contributed by atoms with Gasteiger partial charge in [0.05, 0.1) is 0 Å². The van der Waals surface area contributed by atoms with Crippen LogP contribution in [-0.2, 0) is 6.54 Å². The van der Waals surface area contributed by atoms with Crippen molar-refractivity contribution in [2.45, 2.75) is 20.4 Å². The van der Waals surface area contributed by atoms with Crippen LogP contribution < -0.4 is 5.32 Å². The molecule has 0 radical (unpaired) electrons. The SMILES string of the molecule is Cc1ccc(NCc2ccc3cnccc3c2)cc1C. The smallest absolute Gasteiger partial charge is 0.0401 e. The minimum absolute atomic E-state index is 0.834. The summed E-state index contributed by atoms with van der Waals surface area (Å²) in [5.41, 5.74) is 5.10. The summed E-state index contributed by atoms with van der Waals surface area (Å²) in [6.45, 7) is 5.11. The second-order valence-electron chi connectivity index (χ2n) is 5.21. The first kappa shape index (κ1) is 12.7. The standard InChI is InChI=1S/C18H18N2/c1-13-3-6-18(9-14(13)2)20-11-15-4-5-17-12-19-8-7-16(17)10-15/h3-10,12,20H,11H2,1-2H3. The van der Waals surface area contributed by atoms with Gasteiger partial charge in [0.15, 0.2) is 0 Å². The van der Waals surface area contributed by atoms with Crippen LogP contribution in [0, 0.1) is 13.8 Å². The highest BCUT2D eigenvalue weighted by Crippen LogP contribution is 2.17. The molecule has 2 heteroatoms. The maximum absolute atomic E-state index is 4.14. The van der Waals surface area contributed by atoms with E-state index < -0.39 is 0 Å². The first-order valence-electron chi connectivity index (χ1n) is 6.86. The van der Waals surface area contributed by atoms with E-state index in [1.54, 1.807) is 0 Å². The Morgan fingerprint density at radius 1 is 0.900 bits per heavy atom. The Bertz CT molecular complexity index is 747. The van der Waals surface area contributed by atoms with Crippen LogP contribution in [0.15, 0.2) is 54.9 Å². The van der Waals surface area contributed by atoms with E-state index in [0.717, 1.165) is 6.54 Å². The monoisotopic (exact) mass is 262 g/mol. The molecule has 0 amide bonds. The van der Waals surface area contributed by atoms with Gasteiger partial charge in [0.25, 0.3) is 0 Å². The summed E-state index contributed by atoms with van der Waals surface area (Å²) in [7, 11) is 0. The van der Waals surface area contributed by atoms with E-state index in [9.17, 15) is 0 Å². The lowest BCUT2D eigenvalue weighted by Gasteiger charge is -2.09. The highest BCUT2D eigenvalue weighted by Gasteiger charge is 1.99. The van der Waals surface area contributed by atoms with Crippen LogP contribution in [0.25, 0.3) is 10.8 Å². The molecule has 1 aromatic heterocycles. The molecule has 3 rings (SSSR count). The van der Waals surface area contributed by atoms with Crippen LogP contribution in [0.2, 0.25) is 0 Å². The van der Waals surface area contributed by atoms with Gasteiger partial charge in [0, 0.05) is 30.0 Å². The van der Waals surface area contributed by atoms with Crippen LogP contribution in [0.1, 0.15) is 16.7 Å². The molecule has 0 saturated heterocycles. The molecule has 2 aromatic carbocycles. The summed E-state index contributed by atoms with van der Waals surface area (Å²) in [5, 5.41) is 5.90. The molecule has 0 bridgehead atoms. The fraction of sp³-hybridized carbons (Fsp3) is 0.167. The van der Waals surface area contributed by atoms with Crippen LogP contribution in [0.3, 0.4) is 0 Å². The Hall–Kier alpha value is -2.35. The van der Waals surface area contributed by atoms with Gasteiger partial charge in [0.1, 0.15) is 0 Å². The fourth-order valence-electron chi connectivity index (χ4n) is 2.30. The Morgan fingerprint density at radius 3 is 2.65 bits per heavy atom. The molecule has 0 aliphatic carbocycles. The molecule has 0 saturated carbocycles. The molecule has 2 nitrogen and oxygen atoms in total. The van der Waals surface area contributed by atoms with E-state index >= 15 is 0 Å². The van der Waals surface area contributed by atoms with E-state index in [1.807, 2.05) is 12.4 Å². The lowest BCUT2D eigenvalue weighted by Crippen LogP contribution is -1.99. The lowest BCUT2D eigenvalue weighted by molar-refractivity contribution is 1.15. The third-order valence-electron chi connectivity index (χ3n) is 3.71. The number of aromatic nitrogens is 1. The minimum atomic E-state index is 0.834. The largest absolute Gasteiger partial charge is 0.381 e. The molecule has 0 fully saturated rings. The van der Waals surface area contributed by atoms with Gasteiger partial charge in [0.2, 0.25) is 0 Å². The van der Waals surface area contributed by atoms with E-state index in [2.05, 4.69) is 66.6 Å². The maximum Gasteiger partial charge on any atom is 0.0401 e. The Balaban J connectivity index is 1.77. The number of anilines is 1. The van der Waals surface area contributed by atoms with Crippen molar-refractivity contribution < 1.29 is 0 Å². The van der Waals surface area contributed by atoms with E-state index in [4.69, 9.17) is 0 Å². The van der Waals surface area contributed by atoms with Crippen LogP contribution in [0.5, 0.6) is 0 Å². The van der Waals surface area contributed by atoms with Gasteiger partial charge in [-0.2, -0.15) is 0 Å². The van der Waals surface area contributed by atoms with Crippen LogP contribution >= 0.6 is 0 Å². The van der Waals surface area contributed by atoms with Gasteiger partial charge in [-0.1, -0.05) is 18.2 Å². The minimum Gasteiger partial charge on any atom is -0.381 e. The predicted molar refractivity (Wildman–Crippen MR) is 85.0 cm³/mol. The molecule has 20 heavy (non-hydrogen) atoms. The number of nitrogens with one attached hydrogen (secondary N) is 1. The molecule has 0 atom stereocenters. The molecule has 1 N–H and O–H groups in total.